The van der Waals surface area contributed by atoms with Crippen LogP contribution in [0.5, 0.6) is 0 Å². The van der Waals surface area contributed by atoms with E-state index in [9.17, 15) is 4.39 Å². The van der Waals surface area contributed by atoms with E-state index >= 15 is 0 Å². The molecule has 0 radical (unpaired) electrons. The Hall–Kier alpha value is -2.54. The molecule has 1 saturated heterocycles. The Morgan fingerprint density at radius 3 is 2.86 bits per heavy atom. The lowest BCUT2D eigenvalue weighted by molar-refractivity contribution is 0.122. The summed E-state index contributed by atoms with van der Waals surface area (Å²) in [6.45, 7) is 2.67. The van der Waals surface area contributed by atoms with Gasteiger partial charge in [0.15, 0.2) is 5.65 Å². The number of rotatable bonds is 2. The van der Waals surface area contributed by atoms with Crippen molar-refractivity contribution in [3.05, 3.63) is 36.5 Å². The maximum absolute atomic E-state index is 14.4. The van der Waals surface area contributed by atoms with Crippen molar-refractivity contribution in [3.63, 3.8) is 0 Å². The van der Waals surface area contributed by atoms with E-state index in [1.165, 1.54) is 12.4 Å². The van der Waals surface area contributed by atoms with Crippen LogP contribution >= 0.6 is 0 Å². The number of nitrogens with zero attached hydrogens (tertiary/aromatic N) is 4. The first kappa shape index (κ1) is 13.1. The zero-order chi connectivity index (χ0) is 14.9. The second kappa shape index (κ2) is 5.34. The van der Waals surface area contributed by atoms with Crippen molar-refractivity contribution < 1.29 is 9.13 Å². The van der Waals surface area contributed by atoms with Crippen LogP contribution in [0.25, 0.3) is 22.6 Å². The number of imidazole rings is 1. The lowest BCUT2D eigenvalue weighted by Crippen LogP contribution is -2.36. The molecule has 2 aromatic heterocycles. The molecular formula is C15H14FN5O. The second-order valence-corrected chi connectivity index (χ2v) is 5.11. The van der Waals surface area contributed by atoms with Gasteiger partial charge in [-0.05, 0) is 18.2 Å². The normalized spacial score (nSPS) is 15.4. The largest absolute Gasteiger partial charge is 0.378 e. The van der Waals surface area contributed by atoms with Crippen molar-refractivity contribution in [1.29, 1.82) is 0 Å². The first-order chi connectivity index (χ1) is 10.8. The summed E-state index contributed by atoms with van der Waals surface area (Å²) in [5.74, 6) is 0.328. The number of aromatic amines is 1. The van der Waals surface area contributed by atoms with Gasteiger partial charge in [-0.1, -0.05) is 0 Å². The monoisotopic (exact) mass is 299 g/mol. The van der Waals surface area contributed by atoms with E-state index in [4.69, 9.17) is 4.74 Å². The number of benzene rings is 1. The number of fused-ring (bicyclic) bond motifs is 1. The molecule has 1 aliphatic rings. The van der Waals surface area contributed by atoms with Crippen molar-refractivity contribution in [2.45, 2.75) is 0 Å². The Balaban J connectivity index is 1.69. The highest BCUT2D eigenvalue weighted by atomic mass is 19.1. The van der Waals surface area contributed by atoms with Crippen LogP contribution in [0.1, 0.15) is 0 Å². The minimum absolute atomic E-state index is 0.258. The Morgan fingerprint density at radius 1 is 1.23 bits per heavy atom. The fourth-order valence-corrected chi connectivity index (χ4v) is 2.61. The molecule has 0 atom stereocenters. The third-order valence-corrected chi connectivity index (χ3v) is 3.73. The quantitative estimate of drug-likeness (QED) is 0.784. The first-order valence-corrected chi connectivity index (χ1v) is 7.09. The van der Waals surface area contributed by atoms with E-state index < -0.39 is 0 Å². The summed E-state index contributed by atoms with van der Waals surface area (Å²) in [7, 11) is 0. The van der Waals surface area contributed by atoms with Crippen LogP contribution in [0.4, 0.5) is 10.1 Å². The average Bonchev–Trinajstić information content (AvgIpc) is 2.99. The van der Waals surface area contributed by atoms with Gasteiger partial charge in [0.1, 0.15) is 23.5 Å². The summed E-state index contributed by atoms with van der Waals surface area (Å²) in [6.07, 6.45) is 3.09. The fraction of sp³-hybridized carbons (Fsp3) is 0.267. The molecule has 1 N–H and O–H groups in total. The SMILES string of the molecule is Fc1cc(-c2nc3ncncc3[nH]2)ccc1N1CCOCC1. The number of halogens is 1. The molecular weight excluding hydrogens is 285 g/mol. The smallest absolute Gasteiger partial charge is 0.181 e. The van der Waals surface area contributed by atoms with Crippen LogP contribution in [0.15, 0.2) is 30.7 Å². The van der Waals surface area contributed by atoms with Crippen molar-refractivity contribution in [3.8, 4) is 11.4 Å². The summed E-state index contributed by atoms with van der Waals surface area (Å²) in [5, 5.41) is 0. The first-order valence-electron chi connectivity index (χ1n) is 7.09. The molecule has 1 fully saturated rings. The molecule has 6 nitrogen and oxygen atoms in total. The number of aromatic nitrogens is 4. The third-order valence-electron chi connectivity index (χ3n) is 3.73. The highest BCUT2D eigenvalue weighted by Gasteiger charge is 2.16. The Kier molecular flexibility index (Phi) is 3.19. The molecule has 112 valence electrons. The van der Waals surface area contributed by atoms with E-state index in [2.05, 4.69) is 19.9 Å². The maximum atomic E-state index is 14.4. The van der Waals surface area contributed by atoms with Gasteiger partial charge in [0.2, 0.25) is 0 Å². The van der Waals surface area contributed by atoms with Gasteiger partial charge < -0.3 is 14.6 Å². The molecule has 3 heterocycles. The standard InChI is InChI=1S/C15H14FN5O/c16-11-7-10(1-2-13(11)21-3-5-22-6-4-21)14-19-12-8-17-9-18-15(12)20-14/h1-2,7-9H,3-6H2,(H,17,18,19,20). The van der Waals surface area contributed by atoms with Crippen LogP contribution in [0, 0.1) is 5.82 Å². The highest BCUT2D eigenvalue weighted by Crippen LogP contribution is 2.26. The van der Waals surface area contributed by atoms with Crippen LogP contribution in [0.2, 0.25) is 0 Å². The molecule has 7 heteroatoms. The van der Waals surface area contributed by atoms with E-state index in [1.807, 2.05) is 11.0 Å². The molecule has 22 heavy (non-hydrogen) atoms. The number of morpholine rings is 1. The Morgan fingerprint density at radius 2 is 2.09 bits per heavy atom. The minimum atomic E-state index is -0.258. The second-order valence-electron chi connectivity index (χ2n) is 5.11. The van der Waals surface area contributed by atoms with Gasteiger partial charge in [-0.2, -0.15) is 0 Å². The molecule has 1 aromatic carbocycles. The molecule has 3 aromatic rings. The number of H-pyrrole nitrogens is 1. The average molecular weight is 299 g/mol. The molecule has 0 spiro atoms. The van der Waals surface area contributed by atoms with Gasteiger partial charge >= 0.3 is 0 Å². The van der Waals surface area contributed by atoms with Crippen LogP contribution in [0.3, 0.4) is 0 Å². The molecule has 4 rings (SSSR count). The number of nitrogens with one attached hydrogen (secondary N) is 1. The van der Waals surface area contributed by atoms with E-state index in [0.717, 1.165) is 5.52 Å². The van der Waals surface area contributed by atoms with E-state index in [0.29, 0.717) is 49.0 Å². The lowest BCUT2D eigenvalue weighted by Gasteiger charge is -2.29. The molecule has 0 bridgehead atoms. The highest BCUT2D eigenvalue weighted by molar-refractivity contribution is 5.75. The van der Waals surface area contributed by atoms with Crippen LogP contribution in [-0.2, 0) is 4.74 Å². The predicted molar refractivity (Wildman–Crippen MR) is 80.1 cm³/mol. The fourth-order valence-electron chi connectivity index (χ4n) is 2.61. The minimum Gasteiger partial charge on any atom is -0.378 e. The number of hydrogen-bond acceptors (Lipinski definition) is 5. The van der Waals surface area contributed by atoms with Crippen molar-refractivity contribution >= 4 is 16.9 Å². The predicted octanol–water partition coefficient (Wildman–Crippen LogP) is 2.00. The van der Waals surface area contributed by atoms with Gasteiger partial charge in [-0.3, -0.25) is 0 Å². The van der Waals surface area contributed by atoms with Crippen LogP contribution in [-0.4, -0.2) is 46.2 Å². The molecule has 0 unspecified atom stereocenters. The summed E-state index contributed by atoms with van der Waals surface area (Å²) in [4.78, 5) is 17.5. The third kappa shape index (κ3) is 2.29. The number of anilines is 1. The summed E-state index contributed by atoms with van der Waals surface area (Å²) in [6, 6.07) is 5.14. The van der Waals surface area contributed by atoms with Crippen molar-refractivity contribution in [1.82, 2.24) is 19.9 Å². The van der Waals surface area contributed by atoms with Crippen molar-refractivity contribution in [2.24, 2.45) is 0 Å². The number of hydrogen-bond donors (Lipinski definition) is 1. The molecule has 0 aliphatic carbocycles. The molecule has 0 amide bonds. The van der Waals surface area contributed by atoms with Gasteiger partial charge in [0.25, 0.3) is 0 Å². The zero-order valence-corrected chi connectivity index (χ0v) is 11.8. The molecule has 1 aliphatic heterocycles. The maximum Gasteiger partial charge on any atom is 0.181 e. The summed E-state index contributed by atoms with van der Waals surface area (Å²) >= 11 is 0. The van der Waals surface area contributed by atoms with E-state index in [-0.39, 0.29) is 5.82 Å². The lowest BCUT2D eigenvalue weighted by atomic mass is 10.1. The molecule has 0 saturated carbocycles. The topological polar surface area (TPSA) is 66.9 Å². The summed E-state index contributed by atoms with van der Waals surface area (Å²) in [5.41, 5.74) is 2.59. The Bertz CT molecular complexity index is 780. The number of ether oxygens (including phenoxy) is 1. The summed E-state index contributed by atoms with van der Waals surface area (Å²) < 4.78 is 19.7. The van der Waals surface area contributed by atoms with Crippen LogP contribution < -0.4 is 4.90 Å². The van der Waals surface area contributed by atoms with Gasteiger partial charge in [-0.25, -0.2) is 19.3 Å². The zero-order valence-electron chi connectivity index (χ0n) is 11.8. The van der Waals surface area contributed by atoms with Crippen molar-refractivity contribution in [2.75, 3.05) is 31.2 Å². The van der Waals surface area contributed by atoms with Gasteiger partial charge in [-0.15, -0.1) is 0 Å². The van der Waals surface area contributed by atoms with Gasteiger partial charge in [0.05, 0.1) is 25.1 Å². The van der Waals surface area contributed by atoms with E-state index in [1.54, 1.807) is 12.3 Å². The Labute approximate surface area is 126 Å². The van der Waals surface area contributed by atoms with Gasteiger partial charge in [0, 0.05) is 18.7 Å².